The minimum absolute atomic E-state index is 0.826. The van der Waals surface area contributed by atoms with Gasteiger partial charge in [-0.2, -0.15) is 0 Å². The third-order valence-electron chi connectivity index (χ3n) is 3.92. The molecule has 0 fully saturated rings. The maximum atomic E-state index is 2.41. The van der Waals surface area contributed by atoms with E-state index in [1.165, 1.54) is 32.1 Å². The lowest BCUT2D eigenvalue weighted by atomic mass is 9.52. The molecule has 0 nitrogen and oxygen atoms in total. The summed E-state index contributed by atoms with van der Waals surface area (Å²) in [5.41, 5.74) is 1.48. The van der Waals surface area contributed by atoms with Crippen molar-refractivity contribution >= 4 is 7.28 Å². The molecular formula is C16H27B. The third kappa shape index (κ3) is 5.95. The molecule has 0 aromatic heterocycles. The van der Waals surface area contributed by atoms with E-state index in [1.54, 1.807) is 0 Å². The Morgan fingerprint density at radius 3 is 2.24 bits per heavy atom. The minimum Gasteiger partial charge on any atom is -0.0694 e. The zero-order valence-corrected chi connectivity index (χ0v) is 11.9. The zero-order valence-electron chi connectivity index (χ0n) is 11.9. The average molecular weight is 230 g/mol. The Labute approximate surface area is 108 Å². The van der Waals surface area contributed by atoms with Crippen molar-refractivity contribution in [3.8, 4) is 0 Å². The van der Waals surface area contributed by atoms with Gasteiger partial charge in [-0.1, -0.05) is 82.0 Å². The van der Waals surface area contributed by atoms with Gasteiger partial charge in [-0.15, -0.1) is 0 Å². The van der Waals surface area contributed by atoms with E-state index >= 15 is 0 Å². The monoisotopic (exact) mass is 230 g/mol. The summed E-state index contributed by atoms with van der Waals surface area (Å²) in [5, 5.41) is 0. The molecule has 0 aliphatic heterocycles. The Balaban J connectivity index is 2.18. The maximum Gasteiger partial charge on any atom is 0.127 e. The minimum atomic E-state index is 0.826. The van der Waals surface area contributed by atoms with Crippen LogP contribution in [0.2, 0.25) is 11.6 Å². The lowest BCUT2D eigenvalue weighted by Gasteiger charge is -2.18. The van der Waals surface area contributed by atoms with Gasteiger partial charge in [0.2, 0.25) is 0 Å². The Morgan fingerprint density at radius 1 is 1.00 bits per heavy atom. The van der Waals surface area contributed by atoms with Gasteiger partial charge in [-0.3, -0.25) is 0 Å². The normalized spacial score (nSPS) is 14.6. The molecule has 1 rings (SSSR count). The summed E-state index contributed by atoms with van der Waals surface area (Å²) in [5.74, 6) is 2.56. The molecule has 0 radical (unpaired) electrons. The molecule has 94 valence electrons. The highest BCUT2D eigenvalue weighted by molar-refractivity contribution is 6.39. The second-order valence-corrected chi connectivity index (χ2v) is 5.94. The number of hydrogen-bond acceptors (Lipinski definition) is 0. The quantitative estimate of drug-likeness (QED) is 0.594. The van der Waals surface area contributed by atoms with Gasteiger partial charge in [0.25, 0.3) is 0 Å². The van der Waals surface area contributed by atoms with Gasteiger partial charge >= 0.3 is 0 Å². The first-order valence-electron chi connectivity index (χ1n) is 7.13. The fraction of sp³-hybridized carbons (Fsp3) is 0.625. The van der Waals surface area contributed by atoms with E-state index in [-0.39, 0.29) is 0 Å². The SMILES string of the molecule is CC(BC(C)C(C)C)CCCc1ccccc1. The van der Waals surface area contributed by atoms with Crippen LogP contribution in [0, 0.1) is 5.92 Å². The standard InChI is InChI=1S/C16H27B/c1-13(2)15(4)17-14(3)9-8-12-16-10-6-5-7-11-16/h5-7,10-11,13-15,17H,8-9,12H2,1-4H3. The summed E-state index contributed by atoms with van der Waals surface area (Å²) >= 11 is 0. The second-order valence-electron chi connectivity index (χ2n) is 5.94. The summed E-state index contributed by atoms with van der Waals surface area (Å²) < 4.78 is 0. The predicted molar refractivity (Wildman–Crippen MR) is 80.2 cm³/mol. The predicted octanol–water partition coefficient (Wildman–Crippen LogP) is 4.72. The highest BCUT2D eigenvalue weighted by Crippen LogP contribution is 2.23. The fourth-order valence-electron chi connectivity index (χ4n) is 2.32. The summed E-state index contributed by atoms with van der Waals surface area (Å²) in [7, 11) is 1.38. The Bertz CT molecular complexity index is 292. The van der Waals surface area contributed by atoms with Crippen LogP contribution in [0.15, 0.2) is 30.3 Å². The molecular weight excluding hydrogens is 203 g/mol. The molecule has 0 aliphatic carbocycles. The molecule has 17 heavy (non-hydrogen) atoms. The Morgan fingerprint density at radius 2 is 1.65 bits per heavy atom. The van der Waals surface area contributed by atoms with E-state index in [0.717, 1.165) is 17.6 Å². The molecule has 0 N–H and O–H groups in total. The molecule has 1 heteroatoms. The number of rotatable bonds is 7. The van der Waals surface area contributed by atoms with Crippen LogP contribution in [0.1, 0.15) is 46.1 Å². The second kappa shape index (κ2) is 7.58. The van der Waals surface area contributed by atoms with E-state index < -0.39 is 0 Å². The molecule has 0 saturated heterocycles. The van der Waals surface area contributed by atoms with Crippen LogP contribution >= 0.6 is 0 Å². The largest absolute Gasteiger partial charge is 0.127 e. The maximum absolute atomic E-state index is 2.41. The molecule has 0 bridgehead atoms. The van der Waals surface area contributed by atoms with Crippen molar-refractivity contribution in [3.63, 3.8) is 0 Å². The van der Waals surface area contributed by atoms with Gasteiger partial charge in [0.15, 0.2) is 0 Å². The Kier molecular flexibility index (Phi) is 6.40. The number of aryl methyl sites for hydroxylation is 1. The fourth-order valence-corrected chi connectivity index (χ4v) is 2.32. The van der Waals surface area contributed by atoms with Gasteiger partial charge in [0.05, 0.1) is 0 Å². The van der Waals surface area contributed by atoms with Crippen LogP contribution in [0.25, 0.3) is 0 Å². The van der Waals surface area contributed by atoms with Crippen molar-refractivity contribution in [2.45, 2.75) is 58.6 Å². The summed E-state index contributed by atoms with van der Waals surface area (Å²) in [6.07, 6.45) is 3.93. The van der Waals surface area contributed by atoms with E-state index in [0.29, 0.717) is 0 Å². The molecule has 2 atom stereocenters. The first-order chi connectivity index (χ1) is 8.09. The van der Waals surface area contributed by atoms with Gasteiger partial charge < -0.3 is 0 Å². The van der Waals surface area contributed by atoms with Gasteiger partial charge in [-0.05, 0) is 18.4 Å². The van der Waals surface area contributed by atoms with Crippen LogP contribution < -0.4 is 0 Å². The van der Waals surface area contributed by atoms with Crippen molar-refractivity contribution in [2.24, 2.45) is 5.92 Å². The Hall–Kier alpha value is -0.715. The molecule has 0 heterocycles. The van der Waals surface area contributed by atoms with Crippen LogP contribution in [0.5, 0.6) is 0 Å². The molecule has 0 spiro atoms. The van der Waals surface area contributed by atoms with E-state index in [2.05, 4.69) is 58.0 Å². The third-order valence-corrected chi connectivity index (χ3v) is 3.92. The van der Waals surface area contributed by atoms with Crippen molar-refractivity contribution in [1.29, 1.82) is 0 Å². The summed E-state index contributed by atoms with van der Waals surface area (Å²) in [6.45, 7) is 9.46. The number of hydrogen-bond donors (Lipinski definition) is 0. The van der Waals surface area contributed by atoms with Crippen molar-refractivity contribution < 1.29 is 0 Å². The molecule has 1 aromatic carbocycles. The average Bonchev–Trinajstić information content (AvgIpc) is 2.30. The topological polar surface area (TPSA) is 0 Å². The van der Waals surface area contributed by atoms with Crippen LogP contribution in [0.4, 0.5) is 0 Å². The van der Waals surface area contributed by atoms with Crippen molar-refractivity contribution in [2.75, 3.05) is 0 Å². The zero-order chi connectivity index (χ0) is 12.7. The van der Waals surface area contributed by atoms with E-state index in [9.17, 15) is 0 Å². The summed E-state index contributed by atoms with van der Waals surface area (Å²) in [6, 6.07) is 10.8. The first kappa shape index (κ1) is 14.3. The lowest BCUT2D eigenvalue weighted by molar-refractivity contribution is 0.604. The van der Waals surface area contributed by atoms with Gasteiger partial charge in [-0.25, -0.2) is 0 Å². The highest BCUT2D eigenvalue weighted by Gasteiger charge is 2.13. The molecule has 0 amide bonds. The number of benzene rings is 1. The van der Waals surface area contributed by atoms with E-state index in [1.807, 2.05) is 0 Å². The smallest absolute Gasteiger partial charge is 0.0694 e. The van der Waals surface area contributed by atoms with Gasteiger partial charge in [0.1, 0.15) is 7.28 Å². The van der Waals surface area contributed by atoms with Crippen LogP contribution in [-0.4, -0.2) is 7.28 Å². The van der Waals surface area contributed by atoms with Crippen LogP contribution in [-0.2, 0) is 6.42 Å². The van der Waals surface area contributed by atoms with E-state index in [4.69, 9.17) is 0 Å². The molecule has 0 saturated carbocycles. The van der Waals surface area contributed by atoms with Crippen molar-refractivity contribution in [3.05, 3.63) is 35.9 Å². The molecule has 0 aliphatic rings. The van der Waals surface area contributed by atoms with Gasteiger partial charge in [0, 0.05) is 0 Å². The highest BCUT2D eigenvalue weighted by atomic mass is 14.0. The molecule has 2 unspecified atom stereocenters. The first-order valence-corrected chi connectivity index (χ1v) is 7.13. The van der Waals surface area contributed by atoms with Crippen LogP contribution in [0.3, 0.4) is 0 Å². The molecule has 1 aromatic rings. The lowest BCUT2D eigenvalue weighted by Crippen LogP contribution is -2.11. The summed E-state index contributed by atoms with van der Waals surface area (Å²) in [4.78, 5) is 0. The van der Waals surface area contributed by atoms with Crippen molar-refractivity contribution in [1.82, 2.24) is 0 Å².